The van der Waals surface area contributed by atoms with Gasteiger partial charge in [-0.25, -0.2) is 8.42 Å². The molecule has 0 aromatic rings. The quantitative estimate of drug-likeness (QED) is 0.824. The molecule has 17 heavy (non-hydrogen) atoms. The van der Waals surface area contributed by atoms with Crippen LogP contribution in [0.1, 0.15) is 39.0 Å². The molecule has 0 spiro atoms. The van der Waals surface area contributed by atoms with E-state index in [2.05, 4.69) is 0 Å². The summed E-state index contributed by atoms with van der Waals surface area (Å²) in [5, 5.41) is 8.80. The summed E-state index contributed by atoms with van der Waals surface area (Å²) in [5.41, 5.74) is 0. The van der Waals surface area contributed by atoms with Crippen LogP contribution >= 0.6 is 0 Å². The van der Waals surface area contributed by atoms with Gasteiger partial charge in [0.05, 0.1) is 5.25 Å². The Balaban J connectivity index is 2.23. The molecule has 1 N–H and O–H groups in total. The summed E-state index contributed by atoms with van der Waals surface area (Å²) in [6.07, 6.45) is 3.87. The van der Waals surface area contributed by atoms with Crippen molar-refractivity contribution in [2.24, 2.45) is 5.92 Å². The van der Waals surface area contributed by atoms with Crippen molar-refractivity contribution in [2.75, 3.05) is 6.54 Å². The zero-order valence-electron chi connectivity index (χ0n) is 10.0. The number of hydrogen-bond donors (Lipinski definition) is 1. The molecule has 0 aromatic heterocycles. The van der Waals surface area contributed by atoms with E-state index in [9.17, 15) is 13.2 Å². The average molecular weight is 261 g/mol. The highest BCUT2D eigenvalue weighted by atomic mass is 32.2. The van der Waals surface area contributed by atoms with E-state index in [4.69, 9.17) is 5.11 Å². The molecule has 2 aliphatic rings. The van der Waals surface area contributed by atoms with Crippen molar-refractivity contribution in [1.29, 1.82) is 0 Å². The van der Waals surface area contributed by atoms with Crippen molar-refractivity contribution in [3.8, 4) is 0 Å². The first-order chi connectivity index (χ1) is 7.94. The number of hydrogen-bond acceptors (Lipinski definition) is 3. The predicted octanol–water partition coefficient (Wildman–Crippen LogP) is 1.05. The molecule has 98 valence electrons. The van der Waals surface area contributed by atoms with Crippen LogP contribution in [0.25, 0.3) is 0 Å². The molecule has 2 fully saturated rings. The number of carbonyl (C=O) groups is 1. The first-order valence-electron chi connectivity index (χ1n) is 6.18. The molecule has 1 saturated carbocycles. The number of sulfonamides is 1. The van der Waals surface area contributed by atoms with E-state index in [1.165, 1.54) is 4.31 Å². The van der Waals surface area contributed by atoms with Crippen molar-refractivity contribution < 1.29 is 18.3 Å². The third kappa shape index (κ3) is 2.20. The summed E-state index contributed by atoms with van der Waals surface area (Å²) in [6, 6.07) is -0.861. The Labute approximate surface area is 102 Å². The van der Waals surface area contributed by atoms with Crippen LogP contribution in [0.5, 0.6) is 0 Å². The highest BCUT2D eigenvalue weighted by Crippen LogP contribution is 2.33. The van der Waals surface area contributed by atoms with Crippen molar-refractivity contribution in [3.05, 3.63) is 0 Å². The SMILES string of the molecule is CC1CCN(S(=O)(=O)C2CCCC2)C1C(=O)O. The number of carboxylic acid groups (broad SMARTS) is 1. The van der Waals surface area contributed by atoms with Crippen LogP contribution in [0.4, 0.5) is 0 Å². The monoisotopic (exact) mass is 261 g/mol. The van der Waals surface area contributed by atoms with Crippen LogP contribution in [-0.4, -0.2) is 41.6 Å². The van der Waals surface area contributed by atoms with Crippen LogP contribution in [0, 0.1) is 5.92 Å². The smallest absolute Gasteiger partial charge is 0.322 e. The molecular weight excluding hydrogens is 242 g/mol. The van der Waals surface area contributed by atoms with Gasteiger partial charge >= 0.3 is 5.97 Å². The van der Waals surface area contributed by atoms with Gasteiger partial charge < -0.3 is 5.11 Å². The van der Waals surface area contributed by atoms with E-state index >= 15 is 0 Å². The summed E-state index contributed by atoms with van der Waals surface area (Å²) in [6.45, 7) is 2.17. The molecule has 1 saturated heterocycles. The van der Waals surface area contributed by atoms with E-state index in [-0.39, 0.29) is 11.2 Å². The van der Waals surface area contributed by atoms with Gasteiger partial charge in [0.15, 0.2) is 0 Å². The fourth-order valence-corrected chi connectivity index (χ4v) is 5.23. The molecule has 1 aliphatic heterocycles. The Bertz CT molecular complexity index is 400. The molecule has 0 radical (unpaired) electrons. The minimum atomic E-state index is -3.41. The second-order valence-electron chi connectivity index (χ2n) is 5.11. The summed E-state index contributed by atoms with van der Waals surface area (Å²) in [7, 11) is -3.41. The van der Waals surface area contributed by atoms with Crippen molar-refractivity contribution in [2.45, 2.75) is 50.3 Å². The largest absolute Gasteiger partial charge is 0.480 e. The van der Waals surface area contributed by atoms with E-state index in [0.29, 0.717) is 25.8 Å². The molecule has 2 atom stereocenters. The fourth-order valence-electron chi connectivity index (χ4n) is 2.94. The maximum Gasteiger partial charge on any atom is 0.322 e. The fraction of sp³-hybridized carbons (Fsp3) is 0.909. The van der Waals surface area contributed by atoms with Gasteiger partial charge in [-0.3, -0.25) is 4.79 Å². The Kier molecular flexibility index (Phi) is 3.45. The Morgan fingerprint density at radius 1 is 1.24 bits per heavy atom. The van der Waals surface area contributed by atoms with Gasteiger partial charge in [-0.15, -0.1) is 0 Å². The van der Waals surface area contributed by atoms with Gasteiger partial charge in [-0.1, -0.05) is 19.8 Å². The molecule has 5 nitrogen and oxygen atoms in total. The second-order valence-corrected chi connectivity index (χ2v) is 7.28. The van der Waals surface area contributed by atoms with Crippen molar-refractivity contribution in [1.82, 2.24) is 4.31 Å². The standard InChI is InChI=1S/C11H19NO4S/c1-8-6-7-12(10(8)11(13)14)17(15,16)9-4-2-3-5-9/h8-10H,2-7H2,1H3,(H,13,14). The van der Waals surface area contributed by atoms with Crippen LogP contribution < -0.4 is 0 Å². The highest BCUT2D eigenvalue weighted by Gasteiger charge is 2.46. The molecule has 6 heteroatoms. The molecule has 1 aliphatic carbocycles. The van der Waals surface area contributed by atoms with Crippen LogP contribution in [0.2, 0.25) is 0 Å². The number of carboxylic acids is 1. The summed E-state index contributed by atoms with van der Waals surface area (Å²) < 4.78 is 25.9. The van der Waals surface area contributed by atoms with E-state index in [1.807, 2.05) is 6.92 Å². The third-order valence-corrected chi connectivity index (χ3v) is 6.33. The average Bonchev–Trinajstić information content (AvgIpc) is 2.84. The minimum absolute atomic E-state index is 0.0938. The maximum atomic E-state index is 12.4. The Hall–Kier alpha value is -0.620. The van der Waals surface area contributed by atoms with Crippen LogP contribution in [0.15, 0.2) is 0 Å². The van der Waals surface area contributed by atoms with E-state index in [0.717, 1.165) is 12.8 Å². The van der Waals surface area contributed by atoms with Gasteiger partial charge in [0.2, 0.25) is 10.0 Å². The number of rotatable bonds is 3. The predicted molar refractivity (Wildman–Crippen MR) is 63.1 cm³/mol. The number of nitrogens with zero attached hydrogens (tertiary/aromatic N) is 1. The molecular formula is C11H19NO4S. The van der Waals surface area contributed by atoms with Gasteiger partial charge in [0.25, 0.3) is 0 Å². The highest BCUT2D eigenvalue weighted by molar-refractivity contribution is 7.89. The molecule has 2 unspecified atom stereocenters. The normalized spacial score (nSPS) is 32.1. The second kappa shape index (κ2) is 4.57. The van der Waals surface area contributed by atoms with Gasteiger partial charge in [0.1, 0.15) is 6.04 Å². The summed E-state index contributed by atoms with van der Waals surface area (Å²) >= 11 is 0. The molecule has 0 bridgehead atoms. The first-order valence-corrected chi connectivity index (χ1v) is 7.68. The third-order valence-electron chi connectivity index (χ3n) is 3.96. The van der Waals surface area contributed by atoms with Crippen LogP contribution in [-0.2, 0) is 14.8 Å². The van der Waals surface area contributed by atoms with Gasteiger partial charge in [-0.05, 0) is 25.2 Å². The van der Waals surface area contributed by atoms with Crippen molar-refractivity contribution in [3.63, 3.8) is 0 Å². The zero-order valence-corrected chi connectivity index (χ0v) is 10.8. The maximum absolute atomic E-state index is 12.4. The lowest BCUT2D eigenvalue weighted by Crippen LogP contribution is -2.46. The summed E-state index contributed by atoms with van der Waals surface area (Å²) in [5.74, 6) is -1.11. The molecule has 1 heterocycles. The lowest BCUT2D eigenvalue weighted by atomic mass is 10.0. The van der Waals surface area contributed by atoms with Gasteiger partial charge in [0, 0.05) is 6.54 Å². The topological polar surface area (TPSA) is 74.7 Å². The Morgan fingerprint density at radius 3 is 2.35 bits per heavy atom. The molecule has 2 rings (SSSR count). The molecule has 0 aromatic carbocycles. The van der Waals surface area contributed by atoms with Crippen molar-refractivity contribution >= 4 is 16.0 Å². The minimum Gasteiger partial charge on any atom is -0.480 e. The lowest BCUT2D eigenvalue weighted by Gasteiger charge is -2.25. The van der Waals surface area contributed by atoms with E-state index < -0.39 is 22.0 Å². The zero-order chi connectivity index (χ0) is 12.6. The van der Waals surface area contributed by atoms with E-state index in [1.54, 1.807) is 0 Å². The Morgan fingerprint density at radius 2 is 1.82 bits per heavy atom. The first kappa shape index (κ1) is 12.8. The lowest BCUT2D eigenvalue weighted by molar-refractivity contribution is -0.141. The van der Waals surface area contributed by atoms with Gasteiger partial charge in [-0.2, -0.15) is 4.31 Å². The number of aliphatic carboxylic acids is 1. The van der Waals surface area contributed by atoms with Crippen LogP contribution in [0.3, 0.4) is 0 Å². The molecule has 0 amide bonds. The summed E-state index contributed by atoms with van der Waals surface area (Å²) in [4.78, 5) is 11.2.